The van der Waals surface area contributed by atoms with Crippen LogP contribution in [0.3, 0.4) is 0 Å². The molecule has 3 rings (SSSR count). The minimum atomic E-state index is -0.324. The highest BCUT2D eigenvalue weighted by molar-refractivity contribution is 5.91. The highest BCUT2D eigenvalue weighted by Gasteiger charge is 2.13. The summed E-state index contributed by atoms with van der Waals surface area (Å²) in [4.78, 5) is 14.4. The number of halogens is 1. The van der Waals surface area contributed by atoms with E-state index in [9.17, 15) is 9.18 Å². The van der Waals surface area contributed by atoms with Gasteiger partial charge in [0, 0.05) is 31.6 Å². The summed E-state index contributed by atoms with van der Waals surface area (Å²) >= 11 is 0. The smallest absolute Gasteiger partial charge is 0.224 e. The average molecular weight is 370 g/mol. The minimum Gasteiger partial charge on any atom is -0.356 e. The Kier molecular flexibility index (Phi) is 5.63. The third-order valence-electron chi connectivity index (χ3n) is 4.44. The molecule has 0 aliphatic rings. The van der Waals surface area contributed by atoms with Crippen LogP contribution in [0.4, 0.5) is 15.9 Å². The second kappa shape index (κ2) is 8.11. The van der Waals surface area contributed by atoms with Crippen LogP contribution >= 0.6 is 0 Å². The van der Waals surface area contributed by atoms with Crippen LogP contribution in [0, 0.1) is 12.7 Å². The van der Waals surface area contributed by atoms with Crippen LogP contribution in [0.15, 0.2) is 30.3 Å². The van der Waals surface area contributed by atoms with Crippen LogP contribution in [0.2, 0.25) is 0 Å². The van der Waals surface area contributed by atoms with Gasteiger partial charge in [-0.25, -0.2) is 4.39 Å². The fourth-order valence-electron chi connectivity index (χ4n) is 2.90. The molecule has 7 nitrogen and oxygen atoms in total. The number of nitrogens with zero attached hydrogens (tertiary/aromatic N) is 5. The lowest BCUT2D eigenvalue weighted by molar-refractivity contribution is -0.116. The van der Waals surface area contributed by atoms with Gasteiger partial charge in [-0.15, -0.1) is 15.3 Å². The summed E-state index contributed by atoms with van der Waals surface area (Å²) in [6, 6.07) is 8.07. The molecular formula is C19H23FN6O. The van der Waals surface area contributed by atoms with Crippen LogP contribution in [0.25, 0.3) is 5.65 Å². The number of aromatic nitrogens is 4. The van der Waals surface area contributed by atoms with Gasteiger partial charge in [-0.2, -0.15) is 4.52 Å². The maximum atomic E-state index is 13.2. The lowest BCUT2D eigenvalue weighted by Crippen LogP contribution is -2.23. The zero-order valence-electron chi connectivity index (χ0n) is 15.7. The van der Waals surface area contributed by atoms with Gasteiger partial charge in [-0.1, -0.05) is 0 Å². The summed E-state index contributed by atoms with van der Waals surface area (Å²) in [6.07, 6.45) is 0.636. The number of nitrogens with one attached hydrogen (secondary N) is 1. The Bertz CT molecular complexity index is 951. The Morgan fingerprint density at radius 3 is 2.67 bits per heavy atom. The summed E-state index contributed by atoms with van der Waals surface area (Å²) in [5.41, 5.74) is 1.94. The van der Waals surface area contributed by atoms with Crippen molar-refractivity contribution in [2.45, 2.75) is 33.6 Å². The van der Waals surface area contributed by atoms with Crippen LogP contribution in [0.1, 0.15) is 31.7 Å². The highest BCUT2D eigenvalue weighted by atomic mass is 19.1. The molecule has 0 saturated heterocycles. The first-order valence-corrected chi connectivity index (χ1v) is 9.04. The molecule has 0 fully saturated rings. The highest BCUT2D eigenvalue weighted by Crippen LogP contribution is 2.17. The molecule has 8 heteroatoms. The van der Waals surface area contributed by atoms with E-state index in [1.54, 1.807) is 17.5 Å². The van der Waals surface area contributed by atoms with E-state index in [-0.39, 0.29) is 18.1 Å². The van der Waals surface area contributed by atoms with E-state index in [1.807, 2.05) is 12.1 Å². The molecule has 0 unspecified atom stereocenters. The third-order valence-corrected chi connectivity index (χ3v) is 4.44. The molecule has 2 heterocycles. The van der Waals surface area contributed by atoms with Gasteiger partial charge in [-0.05, 0) is 56.7 Å². The van der Waals surface area contributed by atoms with Crippen molar-refractivity contribution in [3.63, 3.8) is 0 Å². The Morgan fingerprint density at radius 1 is 1.19 bits per heavy atom. The normalized spacial score (nSPS) is 11.0. The lowest BCUT2D eigenvalue weighted by Gasteiger charge is -2.19. The van der Waals surface area contributed by atoms with Crippen LogP contribution in [0.5, 0.6) is 0 Å². The van der Waals surface area contributed by atoms with Gasteiger partial charge in [0.25, 0.3) is 0 Å². The molecule has 0 bridgehead atoms. The van der Waals surface area contributed by atoms with Gasteiger partial charge in [0.15, 0.2) is 11.5 Å². The number of benzene rings is 1. The fraction of sp³-hybridized carbons (Fsp3) is 0.368. The summed E-state index contributed by atoms with van der Waals surface area (Å²) in [5.74, 6) is 0.988. The largest absolute Gasteiger partial charge is 0.356 e. The molecule has 2 aromatic heterocycles. The number of amides is 1. The summed E-state index contributed by atoms with van der Waals surface area (Å²) in [7, 11) is 0. The van der Waals surface area contributed by atoms with Crippen LogP contribution in [-0.2, 0) is 11.2 Å². The summed E-state index contributed by atoms with van der Waals surface area (Å²) in [6.45, 7) is 7.61. The maximum absolute atomic E-state index is 13.2. The number of anilines is 2. The zero-order chi connectivity index (χ0) is 19.4. The molecule has 3 aromatic rings. The van der Waals surface area contributed by atoms with E-state index in [4.69, 9.17) is 0 Å². The molecule has 0 aliphatic heterocycles. The average Bonchev–Trinajstić information content (AvgIpc) is 3.06. The Labute approximate surface area is 157 Å². The SMILES string of the molecule is CCN(CC)c1ccc2nnc(CCC(=O)Nc3ccc(F)cc3C)n2n1. The van der Waals surface area contributed by atoms with E-state index in [0.29, 0.717) is 29.1 Å². The van der Waals surface area contributed by atoms with E-state index in [1.165, 1.54) is 12.1 Å². The molecule has 0 saturated carbocycles. The van der Waals surface area contributed by atoms with Gasteiger partial charge in [0.1, 0.15) is 11.6 Å². The van der Waals surface area contributed by atoms with E-state index >= 15 is 0 Å². The van der Waals surface area contributed by atoms with Gasteiger partial charge in [-0.3, -0.25) is 4.79 Å². The molecule has 1 amide bonds. The van der Waals surface area contributed by atoms with E-state index in [2.05, 4.69) is 39.4 Å². The van der Waals surface area contributed by atoms with Crippen molar-refractivity contribution in [3.8, 4) is 0 Å². The third kappa shape index (κ3) is 4.21. The van der Waals surface area contributed by atoms with E-state index < -0.39 is 0 Å². The lowest BCUT2D eigenvalue weighted by atomic mass is 10.2. The van der Waals surface area contributed by atoms with Crippen molar-refractivity contribution in [3.05, 3.63) is 47.5 Å². The first kappa shape index (κ1) is 18.8. The van der Waals surface area contributed by atoms with Crippen molar-refractivity contribution in [2.75, 3.05) is 23.3 Å². The number of hydrogen-bond donors (Lipinski definition) is 1. The Morgan fingerprint density at radius 2 is 1.96 bits per heavy atom. The van der Waals surface area contributed by atoms with Crippen LogP contribution < -0.4 is 10.2 Å². The number of carbonyl (C=O) groups excluding carboxylic acids is 1. The topological polar surface area (TPSA) is 75.4 Å². The maximum Gasteiger partial charge on any atom is 0.224 e. The summed E-state index contributed by atoms with van der Waals surface area (Å²) < 4.78 is 14.9. The van der Waals surface area contributed by atoms with Crippen molar-refractivity contribution in [2.24, 2.45) is 0 Å². The number of carbonyl (C=O) groups is 1. The zero-order valence-corrected chi connectivity index (χ0v) is 15.7. The second-order valence-electron chi connectivity index (χ2n) is 6.26. The minimum absolute atomic E-state index is 0.165. The molecule has 1 aromatic carbocycles. The molecule has 0 atom stereocenters. The monoisotopic (exact) mass is 370 g/mol. The predicted octanol–water partition coefficient (Wildman–Crippen LogP) is 2.99. The molecule has 142 valence electrons. The molecule has 0 radical (unpaired) electrons. The molecule has 27 heavy (non-hydrogen) atoms. The molecule has 1 N–H and O–H groups in total. The first-order valence-electron chi connectivity index (χ1n) is 9.04. The molecule has 0 spiro atoms. The number of rotatable bonds is 7. The summed E-state index contributed by atoms with van der Waals surface area (Å²) in [5, 5.41) is 15.7. The van der Waals surface area contributed by atoms with Crippen molar-refractivity contribution >= 4 is 23.1 Å². The van der Waals surface area contributed by atoms with Gasteiger partial charge in [0.2, 0.25) is 5.91 Å². The predicted molar refractivity (Wildman–Crippen MR) is 102 cm³/mol. The van der Waals surface area contributed by atoms with Crippen molar-refractivity contribution in [1.29, 1.82) is 0 Å². The molecular weight excluding hydrogens is 347 g/mol. The van der Waals surface area contributed by atoms with Gasteiger partial charge in [0.05, 0.1) is 0 Å². The number of aryl methyl sites for hydroxylation is 2. The Hall–Kier alpha value is -3.03. The van der Waals surface area contributed by atoms with Crippen molar-refractivity contribution in [1.82, 2.24) is 19.8 Å². The molecule has 0 aliphatic carbocycles. The first-order chi connectivity index (χ1) is 13.0. The Balaban J connectivity index is 1.70. The van der Waals surface area contributed by atoms with Gasteiger partial charge >= 0.3 is 0 Å². The number of fused-ring (bicyclic) bond motifs is 1. The fourth-order valence-corrected chi connectivity index (χ4v) is 2.90. The standard InChI is InChI=1S/C19H23FN6O/c1-4-25(5-2)18-9-8-16-22-23-17(26(16)24-18)10-11-19(27)21-15-7-6-14(20)12-13(15)3/h6-9,12H,4-5,10-11H2,1-3H3,(H,21,27). The van der Waals surface area contributed by atoms with Crippen LogP contribution in [-0.4, -0.2) is 38.8 Å². The van der Waals surface area contributed by atoms with Gasteiger partial charge < -0.3 is 10.2 Å². The number of hydrogen-bond acceptors (Lipinski definition) is 5. The van der Waals surface area contributed by atoms with E-state index in [0.717, 1.165) is 18.9 Å². The quantitative estimate of drug-likeness (QED) is 0.692. The van der Waals surface area contributed by atoms with Crippen molar-refractivity contribution < 1.29 is 9.18 Å². The second-order valence-corrected chi connectivity index (χ2v) is 6.26.